The van der Waals surface area contributed by atoms with Crippen LogP contribution in [0.4, 0.5) is 14.9 Å². The number of carbonyl (C=O) groups excluding carboxylic acids is 2. The number of imide groups is 1. The predicted octanol–water partition coefficient (Wildman–Crippen LogP) is 4.38. The van der Waals surface area contributed by atoms with E-state index in [1.165, 1.54) is 18.2 Å². The number of hydrogen-bond donors (Lipinski definition) is 0. The van der Waals surface area contributed by atoms with E-state index in [9.17, 15) is 14.0 Å². The van der Waals surface area contributed by atoms with Gasteiger partial charge in [0.15, 0.2) is 0 Å². The zero-order valence-electron chi connectivity index (χ0n) is 11.7. The fourth-order valence-corrected chi connectivity index (χ4v) is 3.05. The van der Waals surface area contributed by atoms with Crippen molar-refractivity contribution in [3.05, 3.63) is 70.4 Å². The first-order valence-electron chi connectivity index (χ1n) is 6.65. The third kappa shape index (κ3) is 2.67. The van der Waals surface area contributed by atoms with Crippen molar-refractivity contribution in [2.24, 2.45) is 0 Å². The first-order chi connectivity index (χ1) is 10.6. The Labute approximate surface area is 131 Å². The van der Waals surface area contributed by atoms with Crippen LogP contribution in [-0.4, -0.2) is 11.1 Å². The van der Waals surface area contributed by atoms with Gasteiger partial charge in [-0.25, -0.2) is 9.29 Å². The van der Waals surface area contributed by atoms with Gasteiger partial charge in [0.25, 0.3) is 11.1 Å². The minimum Gasteiger partial charge on any atom is -0.268 e. The summed E-state index contributed by atoms with van der Waals surface area (Å²) in [5.41, 5.74) is 1.87. The Morgan fingerprint density at radius 1 is 1.09 bits per heavy atom. The number of thioether (sulfide) groups is 1. The summed E-state index contributed by atoms with van der Waals surface area (Å²) in [7, 11) is 0. The standard InChI is InChI=1S/C17H12FNO2S/c1-11-5-4-6-12(9-11)10-15-16(20)19(17(21)22-15)14-8-3-2-7-13(14)18/h2-10H,1H3/b15-10-. The van der Waals surface area contributed by atoms with E-state index in [1.807, 2.05) is 31.2 Å². The molecule has 1 aliphatic heterocycles. The van der Waals surface area contributed by atoms with Crippen LogP contribution in [0.2, 0.25) is 0 Å². The van der Waals surface area contributed by atoms with Crippen LogP contribution in [0.5, 0.6) is 0 Å². The molecule has 0 N–H and O–H groups in total. The minimum atomic E-state index is -0.596. The first kappa shape index (κ1) is 14.5. The Hall–Kier alpha value is -2.40. The number of rotatable bonds is 2. The summed E-state index contributed by atoms with van der Waals surface area (Å²) in [6.07, 6.45) is 1.65. The van der Waals surface area contributed by atoms with E-state index in [0.717, 1.165) is 27.8 Å². The summed E-state index contributed by atoms with van der Waals surface area (Å²) in [6.45, 7) is 1.95. The van der Waals surface area contributed by atoms with Gasteiger partial charge in [-0.05, 0) is 42.5 Å². The topological polar surface area (TPSA) is 37.4 Å². The van der Waals surface area contributed by atoms with Crippen LogP contribution >= 0.6 is 11.8 Å². The SMILES string of the molecule is Cc1cccc(/C=C2\SC(=O)N(c3ccccc3F)C2=O)c1. The number of halogens is 1. The van der Waals surface area contributed by atoms with Crippen molar-refractivity contribution >= 4 is 34.7 Å². The lowest BCUT2D eigenvalue weighted by Crippen LogP contribution is -2.28. The smallest absolute Gasteiger partial charge is 0.268 e. The van der Waals surface area contributed by atoms with E-state index in [-0.39, 0.29) is 5.69 Å². The molecule has 0 spiro atoms. The van der Waals surface area contributed by atoms with E-state index in [0.29, 0.717) is 4.91 Å². The molecule has 110 valence electrons. The maximum atomic E-state index is 13.8. The van der Waals surface area contributed by atoms with Crippen molar-refractivity contribution in [3.63, 3.8) is 0 Å². The Morgan fingerprint density at radius 3 is 2.59 bits per heavy atom. The fraction of sp³-hybridized carbons (Fsp3) is 0.0588. The molecule has 2 aromatic rings. The van der Waals surface area contributed by atoms with Gasteiger partial charge in [0.2, 0.25) is 0 Å². The highest BCUT2D eigenvalue weighted by atomic mass is 32.2. The largest absolute Gasteiger partial charge is 0.298 e. The normalized spacial score (nSPS) is 16.6. The van der Waals surface area contributed by atoms with Gasteiger partial charge in [0.1, 0.15) is 5.82 Å². The first-order valence-corrected chi connectivity index (χ1v) is 7.47. The van der Waals surface area contributed by atoms with Crippen molar-refractivity contribution < 1.29 is 14.0 Å². The van der Waals surface area contributed by atoms with Crippen LogP contribution in [0.25, 0.3) is 6.08 Å². The average molecular weight is 313 g/mol. The summed E-state index contributed by atoms with van der Waals surface area (Å²) >= 11 is 0.818. The molecule has 1 aliphatic rings. The van der Waals surface area contributed by atoms with Gasteiger partial charge >= 0.3 is 0 Å². The Kier molecular flexibility index (Phi) is 3.81. The van der Waals surface area contributed by atoms with Crippen molar-refractivity contribution in [2.75, 3.05) is 4.90 Å². The predicted molar refractivity (Wildman–Crippen MR) is 86.0 cm³/mol. The second kappa shape index (κ2) is 5.77. The number of amides is 2. The molecule has 1 fully saturated rings. The fourth-order valence-electron chi connectivity index (χ4n) is 2.22. The van der Waals surface area contributed by atoms with Crippen LogP contribution in [0.3, 0.4) is 0 Å². The lowest BCUT2D eigenvalue weighted by atomic mass is 10.1. The molecule has 0 bridgehead atoms. The molecule has 0 saturated carbocycles. The highest BCUT2D eigenvalue weighted by molar-refractivity contribution is 8.19. The van der Waals surface area contributed by atoms with E-state index in [4.69, 9.17) is 0 Å². The third-order valence-corrected chi connectivity index (χ3v) is 4.10. The van der Waals surface area contributed by atoms with Crippen molar-refractivity contribution in [2.45, 2.75) is 6.92 Å². The number of nitrogens with zero attached hydrogens (tertiary/aromatic N) is 1. The molecule has 3 nitrogen and oxygen atoms in total. The zero-order chi connectivity index (χ0) is 15.7. The lowest BCUT2D eigenvalue weighted by molar-refractivity contribution is -0.113. The van der Waals surface area contributed by atoms with Gasteiger partial charge in [0.05, 0.1) is 10.6 Å². The molecule has 5 heteroatoms. The minimum absolute atomic E-state index is 0.0161. The van der Waals surface area contributed by atoms with E-state index in [1.54, 1.807) is 12.1 Å². The zero-order valence-corrected chi connectivity index (χ0v) is 12.6. The highest BCUT2D eigenvalue weighted by Gasteiger charge is 2.37. The van der Waals surface area contributed by atoms with Crippen LogP contribution < -0.4 is 4.90 Å². The molecule has 2 aromatic carbocycles. The van der Waals surface area contributed by atoms with Crippen LogP contribution in [0.15, 0.2) is 53.4 Å². The highest BCUT2D eigenvalue weighted by Crippen LogP contribution is 2.36. The summed E-state index contributed by atoms with van der Waals surface area (Å²) in [6, 6.07) is 13.3. The Morgan fingerprint density at radius 2 is 1.86 bits per heavy atom. The third-order valence-electron chi connectivity index (χ3n) is 3.23. The van der Waals surface area contributed by atoms with Crippen LogP contribution in [0, 0.1) is 12.7 Å². The summed E-state index contributed by atoms with van der Waals surface area (Å²) in [4.78, 5) is 25.6. The molecule has 0 aromatic heterocycles. The summed E-state index contributed by atoms with van der Waals surface area (Å²) in [5.74, 6) is -1.09. The van der Waals surface area contributed by atoms with E-state index in [2.05, 4.69) is 0 Å². The number of hydrogen-bond acceptors (Lipinski definition) is 3. The van der Waals surface area contributed by atoms with E-state index >= 15 is 0 Å². The van der Waals surface area contributed by atoms with Crippen molar-refractivity contribution in [1.82, 2.24) is 0 Å². The summed E-state index contributed by atoms with van der Waals surface area (Å²) < 4.78 is 13.8. The molecule has 0 aliphatic carbocycles. The number of carbonyl (C=O) groups is 2. The van der Waals surface area contributed by atoms with Gasteiger partial charge in [0, 0.05) is 0 Å². The molecule has 1 heterocycles. The quantitative estimate of drug-likeness (QED) is 0.772. The lowest BCUT2D eigenvalue weighted by Gasteiger charge is -2.12. The monoisotopic (exact) mass is 313 g/mol. The van der Waals surface area contributed by atoms with Gasteiger partial charge in [-0.2, -0.15) is 0 Å². The molecule has 2 amide bonds. The number of para-hydroxylation sites is 1. The Balaban J connectivity index is 1.97. The van der Waals surface area contributed by atoms with Crippen molar-refractivity contribution in [3.8, 4) is 0 Å². The molecule has 22 heavy (non-hydrogen) atoms. The number of anilines is 1. The second-order valence-corrected chi connectivity index (χ2v) is 5.88. The number of aryl methyl sites for hydroxylation is 1. The van der Waals surface area contributed by atoms with Gasteiger partial charge in [-0.15, -0.1) is 0 Å². The van der Waals surface area contributed by atoms with Crippen LogP contribution in [0.1, 0.15) is 11.1 Å². The molecule has 0 atom stereocenters. The molecular weight excluding hydrogens is 301 g/mol. The van der Waals surface area contributed by atoms with Gasteiger partial charge < -0.3 is 0 Å². The molecule has 0 radical (unpaired) electrons. The maximum Gasteiger partial charge on any atom is 0.298 e. The van der Waals surface area contributed by atoms with Gasteiger partial charge in [-0.1, -0.05) is 42.0 Å². The van der Waals surface area contributed by atoms with Gasteiger partial charge in [-0.3, -0.25) is 9.59 Å². The molecule has 3 rings (SSSR count). The van der Waals surface area contributed by atoms with E-state index < -0.39 is 17.0 Å². The average Bonchev–Trinajstić information content (AvgIpc) is 2.74. The maximum absolute atomic E-state index is 13.8. The second-order valence-electron chi connectivity index (χ2n) is 4.88. The molecule has 0 unspecified atom stereocenters. The number of benzene rings is 2. The molecular formula is C17H12FNO2S. The summed E-state index contributed by atoms with van der Waals surface area (Å²) in [5, 5.41) is -0.492. The molecule has 1 saturated heterocycles. The van der Waals surface area contributed by atoms with Crippen LogP contribution in [-0.2, 0) is 4.79 Å². The van der Waals surface area contributed by atoms with Crippen molar-refractivity contribution in [1.29, 1.82) is 0 Å². The Bertz CT molecular complexity index is 801.